The van der Waals surface area contributed by atoms with Crippen LogP contribution in [-0.4, -0.2) is 4.57 Å². The molecular formula is C56H44N2. The van der Waals surface area contributed by atoms with E-state index in [-0.39, 0.29) is 5.41 Å². The zero-order valence-corrected chi connectivity index (χ0v) is 32.6. The summed E-state index contributed by atoms with van der Waals surface area (Å²) in [4.78, 5) is 2.47. The van der Waals surface area contributed by atoms with Crippen LogP contribution in [-0.2, 0) is 5.41 Å². The van der Waals surface area contributed by atoms with E-state index in [1.807, 2.05) is 0 Å². The lowest BCUT2D eigenvalue weighted by Crippen LogP contribution is -2.30. The van der Waals surface area contributed by atoms with Gasteiger partial charge in [0.2, 0.25) is 0 Å². The van der Waals surface area contributed by atoms with Crippen LogP contribution in [0.2, 0.25) is 0 Å². The Bertz CT molecular complexity index is 3060. The summed E-state index contributed by atoms with van der Waals surface area (Å²) >= 11 is 0. The van der Waals surface area contributed by atoms with Gasteiger partial charge in [-0.15, -0.1) is 0 Å². The Hall–Kier alpha value is -6.90. The van der Waals surface area contributed by atoms with Gasteiger partial charge in [0.15, 0.2) is 0 Å². The number of para-hydroxylation sites is 2. The van der Waals surface area contributed by atoms with E-state index in [0.717, 1.165) is 11.4 Å². The van der Waals surface area contributed by atoms with E-state index < -0.39 is 0 Å². The van der Waals surface area contributed by atoms with Gasteiger partial charge in [-0.1, -0.05) is 171 Å². The first-order valence-electron chi connectivity index (χ1n) is 20.8. The third-order valence-corrected chi connectivity index (χ3v) is 12.8. The average Bonchev–Trinajstić information content (AvgIpc) is 3.64. The highest BCUT2D eigenvalue weighted by atomic mass is 15.1. The molecule has 1 aliphatic carbocycles. The largest absolute Gasteiger partial charge is 0.310 e. The van der Waals surface area contributed by atoms with E-state index in [4.69, 9.17) is 0 Å². The van der Waals surface area contributed by atoms with Gasteiger partial charge >= 0.3 is 0 Å². The molecule has 0 bridgehead atoms. The summed E-state index contributed by atoms with van der Waals surface area (Å²) in [5.74, 6) is 0. The second kappa shape index (κ2) is 14.2. The molecule has 1 fully saturated rings. The highest BCUT2D eigenvalue weighted by Gasteiger charge is 2.35. The molecule has 278 valence electrons. The summed E-state index contributed by atoms with van der Waals surface area (Å²) in [5.41, 5.74) is 12.4. The van der Waals surface area contributed by atoms with Gasteiger partial charge < -0.3 is 9.47 Å². The Labute approximate surface area is 340 Å². The number of hydrogen-bond donors (Lipinski definition) is 0. The highest BCUT2D eigenvalue weighted by Crippen LogP contribution is 2.47. The molecule has 0 amide bonds. The van der Waals surface area contributed by atoms with E-state index in [1.54, 1.807) is 0 Å². The molecule has 1 aromatic heterocycles. The predicted molar refractivity (Wildman–Crippen MR) is 246 cm³/mol. The fraction of sp³-hybridized carbons (Fsp3) is 0.107. The van der Waals surface area contributed by atoms with Crippen molar-refractivity contribution in [2.24, 2.45) is 0 Å². The molecular weight excluding hydrogens is 701 g/mol. The minimum absolute atomic E-state index is 0.0491. The van der Waals surface area contributed by atoms with Crippen LogP contribution in [0.4, 0.5) is 17.1 Å². The van der Waals surface area contributed by atoms with Crippen LogP contribution in [0.15, 0.2) is 206 Å². The van der Waals surface area contributed by atoms with Crippen molar-refractivity contribution >= 4 is 60.4 Å². The monoisotopic (exact) mass is 744 g/mol. The standard InChI is InChI=1S/C56H44N2/c1-4-17-43(18-5-1)56(36-14-3-15-37-56)44-29-33-47(34-30-44)57(54-39-42-16-8-9-21-48(42)49-22-10-11-23-50(49)54)46-31-26-40(27-32-46)41-28-35-52-51-24-12-13-25-53(51)58(55(52)38-41)45-19-6-2-7-20-45/h1-2,4-13,16-35,38-39H,3,14-15,36-37H2. The van der Waals surface area contributed by atoms with Gasteiger partial charge in [-0.3, -0.25) is 0 Å². The summed E-state index contributed by atoms with van der Waals surface area (Å²) < 4.78 is 2.40. The molecule has 0 spiro atoms. The molecule has 0 unspecified atom stereocenters. The van der Waals surface area contributed by atoms with E-state index >= 15 is 0 Å². The third kappa shape index (κ3) is 5.71. The average molecular weight is 745 g/mol. The summed E-state index contributed by atoms with van der Waals surface area (Å²) in [6.45, 7) is 0. The maximum absolute atomic E-state index is 2.47. The van der Waals surface area contributed by atoms with Crippen molar-refractivity contribution in [1.82, 2.24) is 4.57 Å². The van der Waals surface area contributed by atoms with Crippen molar-refractivity contribution in [2.75, 3.05) is 4.90 Å². The minimum atomic E-state index is 0.0491. The first-order valence-corrected chi connectivity index (χ1v) is 20.8. The fourth-order valence-electron chi connectivity index (χ4n) is 10.0. The molecule has 58 heavy (non-hydrogen) atoms. The number of nitrogens with zero attached hydrogens (tertiary/aromatic N) is 2. The van der Waals surface area contributed by atoms with Crippen molar-refractivity contribution in [2.45, 2.75) is 37.5 Å². The van der Waals surface area contributed by atoms with Gasteiger partial charge in [-0.2, -0.15) is 0 Å². The number of aromatic nitrogens is 1. The lowest BCUT2D eigenvalue weighted by atomic mass is 9.65. The molecule has 2 nitrogen and oxygen atoms in total. The van der Waals surface area contributed by atoms with Crippen molar-refractivity contribution in [3.8, 4) is 16.8 Å². The van der Waals surface area contributed by atoms with Crippen LogP contribution < -0.4 is 4.90 Å². The van der Waals surface area contributed by atoms with Crippen LogP contribution in [0.5, 0.6) is 0 Å². The molecule has 0 N–H and O–H groups in total. The fourth-order valence-corrected chi connectivity index (χ4v) is 10.0. The van der Waals surface area contributed by atoms with Crippen molar-refractivity contribution in [3.05, 3.63) is 217 Å². The smallest absolute Gasteiger partial charge is 0.0547 e. The molecule has 1 aliphatic rings. The number of anilines is 3. The lowest BCUT2D eigenvalue weighted by molar-refractivity contribution is 0.346. The van der Waals surface area contributed by atoms with Gasteiger partial charge in [0.05, 0.1) is 16.7 Å². The van der Waals surface area contributed by atoms with Crippen molar-refractivity contribution < 1.29 is 0 Å². The molecule has 9 aromatic carbocycles. The van der Waals surface area contributed by atoms with Gasteiger partial charge in [0.1, 0.15) is 0 Å². The highest BCUT2D eigenvalue weighted by molar-refractivity contribution is 6.15. The maximum Gasteiger partial charge on any atom is 0.0547 e. The number of rotatable bonds is 7. The second-order valence-corrected chi connectivity index (χ2v) is 16.0. The van der Waals surface area contributed by atoms with Gasteiger partial charge in [-0.05, 0) is 106 Å². The zero-order chi connectivity index (χ0) is 38.5. The molecule has 0 radical (unpaired) electrons. The Kier molecular flexibility index (Phi) is 8.43. The van der Waals surface area contributed by atoms with Crippen LogP contribution in [0, 0.1) is 0 Å². The topological polar surface area (TPSA) is 8.17 Å². The van der Waals surface area contributed by atoms with Crippen LogP contribution in [0.1, 0.15) is 43.2 Å². The Balaban J connectivity index is 1.05. The maximum atomic E-state index is 2.47. The van der Waals surface area contributed by atoms with E-state index in [1.165, 1.54) is 109 Å². The van der Waals surface area contributed by atoms with Crippen LogP contribution in [0.25, 0.3) is 60.2 Å². The third-order valence-electron chi connectivity index (χ3n) is 12.8. The Morgan fingerprint density at radius 3 is 1.67 bits per heavy atom. The lowest BCUT2D eigenvalue weighted by Gasteiger charge is -2.39. The minimum Gasteiger partial charge on any atom is -0.310 e. The summed E-state index contributed by atoms with van der Waals surface area (Å²) in [6, 6.07) is 76.4. The van der Waals surface area contributed by atoms with Crippen molar-refractivity contribution in [3.63, 3.8) is 0 Å². The van der Waals surface area contributed by atoms with Gasteiger partial charge in [0, 0.05) is 38.6 Å². The normalized spacial score (nSPS) is 14.0. The molecule has 0 saturated heterocycles. The van der Waals surface area contributed by atoms with Gasteiger partial charge in [-0.25, -0.2) is 0 Å². The molecule has 10 aromatic rings. The first-order chi connectivity index (χ1) is 28.7. The quantitative estimate of drug-likeness (QED) is 0.148. The predicted octanol–water partition coefficient (Wildman–Crippen LogP) is 15.5. The number of benzene rings is 9. The zero-order valence-electron chi connectivity index (χ0n) is 32.6. The molecule has 1 saturated carbocycles. The van der Waals surface area contributed by atoms with Crippen LogP contribution in [0.3, 0.4) is 0 Å². The first kappa shape index (κ1) is 34.4. The molecule has 1 heterocycles. The molecule has 11 rings (SSSR count). The van der Waals surface area contributed by atoms with Gasteiger partial charge in [0.25, 0.3) is 0 Å². The number of hydrogen-bond acceptors (Lipinski definition) is 1. The van der Waals surface area contributed by atoms with Crippen LogP contribution >= 0.6 is 0 Å². The van der Waals surface area contributed by atoms with Crippen molar-refractivity contribution in [1.29, 1.82) is 0 Å². The SMILES string of the molecule is c1ccc(-n2c3ccccc3c3ccc(-c4ccc(N(c5ccc(C6(c7ccccc7)CCCCC6)cc5)c5cc6ccccc6c6ccccc56)cc4)cc32)cc1. The van der Waals surface area contributed by atoms with E-state index in [0.29, 0.717) is 0 Å². The van der Waals surface area contributed by atoms with E-state index in [9.17, 15) is 0 Å². The Morgan fingerprint density at radius 1 is 0.379 bits per heavy atom. The van der Waals surface area contributed by atoms with E-state index in [2.05, 4.69) is 216 Å². The Morgan fingerprint density at radius 2 is 0.931 bits per heavy atom. The number of fused-ring (bicyclic) bond motifs is 6. The summed E-state index contributed by atoms with van der Waals surface area (Å²) in [5, 5.41) is 7.55. The second-order valence-electron chi connectivity index (χ2n) is 16.0. The summed E-state index contributed by atoms with van der Waals surface area (Å²) in [6.07, 6.45) is 6.22. The molecule has 2 heteroatoms. The summed E-state index contributed by atoms with van der Waals surface area (Å²) in [7, 11) is 0. The molecule has 0 atom stereocenters. The molecule has 0 aliphatic heterocycles.